The molecule has 6 heteroatoms. The number of nitrogens with one attached hydrogen (secondary N) is 1. The summed E-state index contributed by atoms with van der Waals surface area (Å²) in [5, 5.41) is 12.1. The second-order valence-corrected chi connectivity index (χ2v) is 6.71. The number of benzene rings is 1. The maximum atomic E-state index is 13.5. The Morgan fingerprint density at radius 2 is 2.06 bits per heavy atom. The summed E-state index contributed by atoms with van der Waals surface area (Å²) in [7, 11) is 0. The van der Waals surface area contributed by atoms with Crippen molar-refractivity contribution in [2.24, 2.45) is 0 Å². The molecule has 0 saturated carbocycles. The molecule has 0 aliphatic carbocycles. The average Bonchev–Trinajstić information content (AvgIpc) is 2.68. The van der Waals surface area contributed by atoms with E-state index in [2.05, 4.69) is 43.2 Å². The molecule has 1 aromatic heterocycles. The minimum Gasteiger partial charge on any atom is -0.363 e. The zero-order valence-electron chi connectivity index (χ0n) is 8.95. The van der Waals surface area contributed by atoms with Gasteiger partial charge in [-0.05, 0) is 50.1 Å². The Kier molecular flexibility index (Phi) is 4.38. The Morgan fingerprint density at radius 1 is 1.33 bits per heavy atom. The number of nitriles is 1. The first kappa shape index (κ1) is 13.5. The monoisotopic (exact) mass is 388 g/mol. The maximum absolute atomic E-state index is 13.5. The van der Waals surface area contributed by atoms with Crippen LogP contribution in [0.25, 0.3) is 0 Å². The fourth-order valence-corrected chi connectivity index (χ4v) is 3.49. The number of rotatable bonds is 3. The summed E-state index contributed by atoms with van der Waals surface area (Å²) in [6, 6.07) is 9.70. The highest BCUT2D eigenvalue weighted by Gasteiger charge is 2.16. The molecule has 1 aromatic carbocycles. The van der Waals surface area contributed by atoms with Gasteiger partial charge in [-0.2, -0.15) is 5.26 Å². The van der Waals surface area contributed by atoms with Gasteiger partial charge in [0.25, 0.3) is 0 Å². The van der Waals surface area contributed by atoms with E-state index in [1.54, 1.807) is 18.2 Å². The molecular weight excluding hydrogens is 383 g/mol. The van der Waals surface area contributed by atoms with E-state index < -0.39 is 6.04 Å². The van der Waals surface area contributed by atoms with Crippen molar-refractivity contribution in [2.45, 2.75) is 6.04 Å². The van der Waals surface area contributed by atoms with Crippen LogP contribution in [0.2, 0.25) is 0 Å². The van der Waals surface area contributed by atoms with E-state index in [0.29, 0.717) is 5.69 Å². The molecule has 18 heavy (non-hydrogen) atoms. The van der Waals surface area contributed by atoms with E-state index in [0.717, 1.165) is 13.1 Å². The number of hydrogen-bond donors (Lipinski definition) is 1. The number of nitrogens with zero attached hydrogens (tertiary/aromatic N) is 1. The number of anilines is 1. The molecule has 0 spiro atoms. The predicted octanol–water partition coefficient (Wildman–Crippen LogP) is 5.09. The van der Waals surface area contributed by atoms with Gasteiger partial charge in [-0.3, -0.25) is 0 Å². The molecule has 0 aliphatic heterocycles. The molecule has 0 radical (unpaired) electrons. The highest BCUT2D eigenvalue weighted by molar-refractivity contribution is 9.13. The third-order valence-electron chi connectivity index (χ3n) is 2.25. The first-order valence-electron chi connectivity index (χ1n) is 4.97. The summed E-state index contributed by atoms with van der Waals surface area (Å²) in [6.07, 6.45) is 0. The molecule has 0 amide bonds. The maximum Gasteiger partial charge on any atom is 0.149 e. The zero-order valence-corrected chi connectivity index (χ0v) is 12.9. The van der Waals surface area contributed by atoms with Crippen molar-refractivity contribution >= 4 is 48.9 Å². The third-order valence-corrected chi connectivity index (χ3v) is 5.57. The van der Waals surface area contributed by atoms with Gasteiger partial charge in [-0.15, -0.1) is 11.3 Å². The highest BCUT2D eigenvalue weighted by atomic mass is 79.9. The van der Waals surface area contributed by atoms with Crippen LogP contribution in [0, 0.1) is 17.1 Å². The quantitative estimate of drug-likeness (QED) is 0.793. The molecule has 0 bridgehead atoms. The molecule has 1 unspecified atom stereocenters. The lowest BCUT2D eigenvalue weighted by atomic mass is 10.2. The third kappa shape index (κ3) is 2.91. The topological polar surface area (TPSA) is 35.8 Å². The van der Waals surface area contributed by atoms with Crippen LogP contribution in [-0.2, 0) is 0 Å². The van der Waals surface area contributed by atoms with Gasteiger partial charge in [0.1, 0.15) is 11.9 Å². The first-order valence-corrected chi connectivity index (χ1v) is 7.37. The summed E-state index contributed by atoms with van der Waals surface area (Å²) < 4.78 is 15.3. The summed E-state index contributed by atoms with van der Waals surface area (Å²) in [4.78, 5) is 0.819. The van der Waals surface area contributed by atoms with Crippen LogP contribution in [0.15, 0.2) is 38.6 Å². The van der Waals surface area contributed by atoms with Gasteiger partial charge < -0.3 is 5.32 Å². The van der Waals surface area contributed by atoms with E-state index in [1.165, 1.54) is 17.4 Å². The Labute approximate surface area is 125 Å². The lowest BCUT2D eigenvalue weighted by molar-refractivity contribution is 0.629. The first-order chi connectivity index (χ1) is 8.61. The average molecular weight is 390 g/mol. The Hall–Kier alpha value is -0.900. The van der Waals surface area contributed by atoms with Gasteiger partial charge in [0.2, 0.25) is 0 Å². The van der Waals surface area contributed by atoms with Crippen LogP contribution < -0.4 is 5.32 Å². The fourth-order valence-electron chi connectivity index (χ4n) is 1.41. The standard InChI is InChI=1S/C12H7Br2FN2S/c13-7-5-11(18-12(7)14)10(6-16)17-9-4-2-1-3-8(9)15/h1-5,10,17H. The van der Waals surface area contributed by atoms with E-state index in [4.69, 9.17) is 0 Å². The van der Waals surface area contributed by atoms with Gasteiger partial charge in [0.05, 0.1) is 15.5 Å². The number of halogens is 3. The predicted molar refractivity (Wildman–Crippen MR) is 78.1 cm³/mol. The number of hydrogen-bond acceptors (Lipinski definition) is 3. The van der Waals surface area contributed by atoms with Gasteiger partial charge >= 0.3 is 0 Å². The summed E-state index contributed by atoms with van der Waals surface area (Å²) in [6.45, 7) is 0. The molecule has 0 saturated heterocycles. The Bertz CT molecular complexity index is 587. The second kappa shape index (κ2) is 5.83. The SMILES string of the molecule is N#CC(Nc1ccccc1F)c1cc(Br)c(Br)s1. The zero-order chi connectivity index (χ0) is 13.1. The van der Waals surface area contributed by atoms with Crippen molar-refractivity contribution in [3.8, 4) is 6.07 Å². The van der Waals surface area contributed by atoms with E-state index in [1.807, 2.05) is 6.07 Å². The molecule has 1 N–H and O–H groups in total. The Morgan fingerprint density at radius 3 is 2.61 bits per heavy atom. The second-order valence-electron chi connectivity index (χ2n) is 3.46. The molecule has 1 heterocycles. The molecule has 2 rings (SSSR count). The van der Waals surface area contributed by atoms with Gasteiger partial charge in [0.15, 0.2) is 0 Å². The van der Waals surface area contributed by atoms with Crippen molar-refractivity contribution in [2.75, 3.05) is 5.32 Å². The molecule has 0 fully saturated rings. The van der Waals surface area contributed by atoms with Crippen molar-refractivity contribution in [3.63, 3.8) is 0 Å². The van der Waals surface area contributed by atoms with Crippen molar-refractivity contribution < 1.29 is 4.39 Å². The molecular formula is C12H7Br2FN2S. The van der Waals surface area contributed by atoms with E-state index >= 15 is 0 Å². The van der Waals surface area contributed by atoms with Crippen LogP contribution in [0.1, 0.15) is 10.9 Å². The minimum absolute atomic E-state index is 0.324. The summed E-state index contributed by atoms with van der Waals surface area (Å²) in [5.41, 5.74) is 0.324. The van der Waals surface area contributed by atoms with Gasteiger partial charge in [-0.25, -0.2) is 4.39 Å². The number of thiophene rings is 1. The van der Waals surface area contributed by atoms with E-state index in [-0.39, 0.29) is 5.82 Å². The molecule has 1 atom stereocenters. The van der Waals surface area contributed by atoms with Crippen LogP contribution in [-0.4, -0.2) is 0 Å². The van der Waals surface area contributed by atoms with Crippen LogP contribution in [0.5, 0.6) is 0 Å². The molecule has 2 nitrogen and oxygen atoms in total. The van der Waals surface area contributed by atoms with Crippen molar-refractivity contribution in [1.82, 2.24) is 0 Å². The van der Waals surface area contributed by atoms with E-state index in [9.17, 15) is 9.65 Å². The van der Waals surface area contributed by atoms with Crippen LogP contribution in [0.3, 0.4) is 0 Å². The number of para-hydroxylation sites is 1. The molecule has 0 aliphatic rings. The van der Waals surface area contributed by atoms with Crippen LogP contribution in [0.4, 0.5) is 10.1 Å². The Balaban J connectivity index is 2.26. The summed E-state index contributed by atoms with van der Waals surface area (Å²) in [5.74, 6) is -0.368. The van der Waals surface area contributed by atoms with Crippen molar-refractivity contribution in [1.29, 1.82) is 5.26 Å². The summed E-state index contributed by atoms with van der Waals surface area (Å²) >= 11 is 8.17. The largest absolute Gasteiger partial charge is 0.363 e. The minimum atomic E-state index is -0.575. The van der Waals surface area contributed by atoms with Crippen LogP contribution >= 0.6 is 43.2 Å². The molecule has 2 aromatic rings. The smallest absolute Gasteiger partial charge is 0.149 e. The molecule has 92 valence electrons. The fraction of sp³-hybridized carbons (Fsp3) is 0.0833. The van der Waals surface area contributed by atoms with Gasteiger partial charge in [-0.1, -0.05) is 12.1 Å². The lowest BCUT2D eigenvalue weighted by Crippen LogP contribution is -2.08. The highest BCUT2D eigenvalue weighted by Crippen LogP contribution is 2.36. The normalized spacial score (nSPS) is 11.9. The van der Waals surface area contributed by atoms with Gasteiger partial charge in [0, 0.05) is 9.35 Å². The lowest BCUT2D eigenvalue weighted by Gasteiger charge is -2.11. The van der Waals surface area contributed by atoms with Crippen molar-refractivity contribution in [3.05, 3.63) is 49.3 Å².